The lowest BCUT2D eigenvalue weighted by atomic mass is 10.0. The predicted molar refractivity (Wildman–Crippen MR) is 403 cm³/mol. The highest BCUT2D eigenvalue weighted by Crippen LogP contribution is 2.30. The number of nitrogens with two attached hydrogens (primary N) is 1. The molecule has 3 atom stereocenters. The fourth-order valence-electron chi connectivity index (χ4n) is 11.7. The van der Waals surface area contributed by atoms with Gasteiger partial charge in [-0.15, -0.1) is 0 Å². The average molecular weight is 1500 g/mol. The van der Waals surface area contributed by atoms with Gasteiger partial charge in [0, 0.05) is 40.2 Å². The summed E-state index contributed by atoms with van der Waals surface area (Å²) in [7, 11) is 0. The molecule has 13 aromatic rings. The van der Waals surface area contributed by atoms with E-state index < -0.39 is 18.1 Å². The van der Waals surface area contributed by atoms with E-state index in [1.54, 1.807) is 106 Å². The molecule has 7 aromatic heterocycles. The van der Waals surface area contributed by atoms with Crippen LogP contribution in [0.2, 0.25) is 30.1 Å². The van der Waals surface area contributed by atoms with E-state index in [-0.39, 0.29) is 57.9 Å². The van der Waals surface area contributed by atoms with Crippen molar-refractivity contribution in [3.8, 4) is 0 Å². The van der Waals surface area contributed by atoms with Crippen molar-refractivity contribution in [3.63, 3.8) is 0 Å². The molecule has 0 saturated carbocycles. The van der Waals surface area contributed by atoms with Gasteiger partial charge in [0.05, 0.1) is 109 Å². The van der Waals surface area contributed by atoms with Crippen molar-refractivity contribution < 1.29 is 9.59 Å². The highest BCUT2D eigenvalue weighted by molar-refractivity contribution is 6.36. The molecule has 2 aliphatic rings. The van der Waals surface area contributed by atoms with Crippen molar-refractivity contribution in [1.29, 1.82) is 0 Å². The standard InChI is InChI=1S/C25H19Cl2N5O2.C24H18Cl2N6O2.C17H15Cl2N3O.C8H6N2O2/c1-14(30-23-22-18(28-13-29-23)9-5-11-20(22)33)24-31-19-10-4-8-17(27)21(19)25(34)32(24)12-15-6-2-3-7-16(15)26;1-13(30-22-20-18(33)9-10-27-21(20)28-12-29-22)23-31-17-8-4-7-16(26)19(17)24(34)32(23)11-14-5-2-3-6-15(14)25;1-10(20)16-21-14-8-4-7-13(19)15(14)17(23)22(16)9-11-5-2-3-6-12(11)18;11-6-3-1-2-5-7(6)8(12)10-4-9-5/h2-8,10-11,13-14H,9,12H2,1H3,(H,28,29,30);2-10,12-13H,11H2,1H3,(H2,27,28,29,30,33);2-8,10H,9,20H2,1H3;1,3-4H,2H2,(H,9,10,12)/t14-;13-;10-;/m000./s1. The largest absolute Gasteiger partial charge is 0.360 e. The van der Waals surface area contributed by atoms with E-state index in [9.17, 15) is 33.6 Å². The molecule has 0 spiro atoms. The molecule has 0 unspecified atom stereocenters. The van der Waals surface area contributed by atoms with Gasteiger partial charge in [-0.3, -0.25) is 47.3 Å². The molecule has 0 fully saturated rings. The van der Waals surface area contributed by atoms with Gasteiger partial charge in [0.15, 0.2) is 17.0 Å². The van der Waals surface area contributed by atoms with E-state index in [0.717, 1.165) is 16.7 Å². The molecule has 0 saturated heterocycles. The summed E-state index contributed by atoms with van der Waals surface area (Å²) in [6.45, 7) is 6.19. The molecule has 6 aromatic carbocycles. The van der Waals surface area contributed by atoms with Gasteiger partial charge in [-0.05, 0) is 104 Å². The Morgan fingerprint density at radius 2 is 0.854 bits per heavy atom. The van der Waals surface area contributed by atoms with Crippen molar-refractivity contribution in [3.05, 3.63) is 321 Å². The van der Waals surface area contributed by atoms with E-state index in [1.165, 1.54) is 43.4 Å². The quantitative estimate of drug-likeness (QED) is 0.0716. The number of ketones is 2. The number of fused-ring (bicyclic) bond motifs is 6. The summed E-state index contributed by atoms with van der Waals surface area (Å²) in [6, 6.07) is 37.6. The molecule has 29 heteroatoms. The first kappa shape index (κ1) is 71.9. The van der Waals surface area contributed by atoms with Crippen LogP contribution in [0.5, 0.6) is 0 Å². The Balaban J connectivity index is 0.000000137. The number of anilines is 2. The number of nitrogens with zero attached hydrogens (tertiary/aromatic N) is 11. The highest BCUT2D eigenvalue weighted by atomic mass is 35.5. The fraction of sp³-hybridized carbons (Fsp3) is 0.149. The van der Waals surface area contributed by atoms with Crippen LogP contribution >= 0.6 is 69.6 Å². The van der Waals surface area contributed by atoms with E-state index in [0.29, 0.717) is 139 Å². The van der Waals surface area contributed by atoms with Crippen LogP contribution in [0, 0.1) is 0 Å². The summed E-state index contributed by atoms with van der Waals surface area (Å²) in [5.41, 5.74) is 10.8. The number of aromatic amines is 2. The Morgan fingerprint density at radius 3 is 1.32 bits per heavy atom. The van der Waals surface area contributed by atoms with E-state index in [2.05, 4.69) is 50.5 Å². The fourth-order valence-corrected chi connectivity index (χ4v) is 13.1. The summed E-state index contributed by atoms with van der Waals surface area (Å²) in [6.07, 6.45) is 13.1. The lowest BCUT2D eigenvalue weighted by Gasteiger charge is -2.22. The maximum absolute atomic E-state index is 13.6. The third-order valence-electron chi connectivity index (χ3n) is 16.7. The molecule has 103 heavy (non-hydrogen) atoms. The number of rotatable bonds is 13. The number of hydrogen-bond donors (Lipinski definition) is 5. The summed E-state index contributed by atoms with van der Waals surface area (Å²) in [5, 5.41) is 10.6. The summed E-state index contributed by atoms with van der Waals surface area (Å²) in [4.78, 5) is 128. The van der Waals surface area contributed by atoms with E-state index in [4.69, 9.17) is 85.3 Å². The Kier molecular flexibility index (Phi) is 22.0. The Bertz CT molecular complexity index is 5890. The summed E-state index contributed by atoms with van der Waals surface area (Å²) >= 11 is 37.9. The van der Waals surface area contributed by atoms with Crippen LogP contribution < -0.4 is 44.0 Å². The minimum Gasteiger partial charge on any atom is -0.360 e. The first-order chi connectivity index (χ1) is 49.6. The average Bonchev–Trinajstić information content (AvgIpc) is 0.774. The summed E-state index contributed by atoms with van der Waals surface area (Å²) < 4.78 is 4.64. The lowest BCUT2D eigenvalue weighted by molar-refractivity contribution is 0.103. The van der Waals surface area contributed by atoms with Gasteiger partial charge in [0.1, 0.15) is 58.4 Å². The van der Waals surface area contributed by atoms with Crippen molar-refractivity contribution in [2.75, 3.05) is 10.6 Å². The second-order valence-corrected chi connectivity index (χ2v) is 26.1. The van der Waals surface area contributed by atoms with Gasteiger partial charge in [0.25, 0.3) is 22.2 Å². The molecule has 0 amide bonds. The number of carbonyl (C=O) groups excluding carboxylic acids is 2. The first-order valence-electron chi connectivity index (χ1n) is 31.9. The number of allylic oxidation sites excluding steroid dienone is 4. The SMILES string of the molecule is C[C@H](N)c1nc2cccc(Cl)c2c(=O)n1Cc1ccccc1Cl.C[C@H](Nc1ncnc2[nH]ccc(=O)c12)c1nc2cccc(Cl)c2c(=O)n1Cc1ccccc1Cl.C[C@H](Nc1ncnc2c1C(=O)C=CC2)c1nc2cccc(Cl)c2c(=O)n1Cc1ccccc1Cl.O=C1C=CCc2nc[nH]c(=O)c21. The minimum absolute atomic E-state index is 0.164. The third-order valence-corrected chi connectivity index (χ3v) is 18.7. The number of aromatic nitrogens is 13. The number of H-pyrrole nitrogens is 2. The molecular weight excluding hydrogens is 1440 g/mol. The Labute approximate surface area is 614 Å². The van der Waals surface area contributed by atoms with E-state index >= 15 is 0 Å². The minimum atomic E-state index is -0.503. The van der Waals surface area contributed by atoms with Gasteiger partial charge in [-0.1, -0.05) is 155 Å². The molecule has 2 aliphatic carbocycles. The zero-order valence-corrected chi connectivity index (χ0v) is 59.2. The smallest absolute Gasteiger partial charge is 0.263 e. The van der Waals surface area contributed by atoms with Crippen molar-refractivity contribution in [2.45, 2.75) is 71.4 Å². The van der Waals surface area contributed by atoms with Gasteiger partial charge >= 0.3 is 0 Å². The zero-order chi connectivity index (χ0) is 72.8. The van der Waals surface area contributed by atoms with Crippen LogP contribution in [0.15, 0.2) is 207 Å². The molecule has 0 aliphatic heterocycles. The number of benzene rings is 6. The van der Waals surface area contributed by atoms with Crippen LogP contribution in [0.3, 0.4) is 0 Å². The monoisotopic (exact) mass is 1490 g/mol. The highest BCUT2D eigenvalue weighted by Gasteiger charge is 2.26. The topological polar surface area (TPSA) is 319 Å². The molecular formula is C74H58Cl6N16O7. The van der Waals surface area contributed by atoms with Crippen LogP contribution in [-0.4, -0.2) is 75.1 Å². The third kappa shape index (κ3) is 15.5. The first-order valence-corrected chi connectivity index (χ1v) is 34.1. The molecule has 7 heterocycles. The maximum Gasteiger partial charge on any atom is 0.263 e. The van der Waals surface area contributed by atoms with Gasteiger partial charge in [0.2, 0.25) is 0 Å². The number of pyridine rings is 1. The van der Waals surface area contributed by atoms with Crippen molar-refractivity contribution in [2.24, 2.45) is 5.73 Å². The molecule has 518 valence electrons. The molecule has 15 rings (SSSR count). The zero-order valence-electron chi connectivity index (χ0n) is 54.7. The molecule has 0 bridgehead atoms. The normalized spacial score (nSPS) is 13.0. The second-order valence-electron chi connectivity index (χ2n) is 23.6. The van der Waals surface area contributed by atoms with Crippen LogP contribution in [0.1, 0.15) is 105 Å². The van der Waals surface area contributed by atoms with Gasteiger partial charge in [-0.25, -0.2) is 39.9 Å². The Hall–Kier alpha value is -10.9. The van der Waals surface area contributed by atoms with Crippen LogP contribution in [0.4, 0.5) is 11.6 Å². The molecule has 23 nitrogen and oxygen atoms in total. The van der Waals surface area contributed by atoms with Gasteiger partial charge < -0.3 is 26.3 Å². The molecule has 6 N–H and O–H groups in total. The van der Waals surface area contributed by atoms with E-state index in [1.807, 2.05) is 68.4 Å². The second kappa shape index (κ2) is 31.6. The van der Waals surface area contributed by atoms with Gasteiger partial charge in [-0.2, -0.15) is 0 Å². The van der Waals surface area contributed by atoms with Crippen LogP contribution in [-0.2, 0) is 32.5 Å². The number of carbonyl (C=O) groups is 2. The number of halogens is 6. The summed E-state index contributed by atoms with van der Waals surface area (Å²) in [5.74, 6) is 1.73. The Morgan fingerprint density at radius 1 is 0.447 bits per heavy atom. The van der Waals surface area contributed by atoms with Crippen LogP contribution in [0.25, 0.3) is 43.7 Å². The maximum atomic E-state index is 13.6. The van der Waals surface area contributed by atoms with Crippen molar-refractivity contribution in [1.82, 2.24) is 63.5 Å². The lowest BCUT2D eigenvalue weighted by Crippen LogP contribution is -2.29. The predicted octanol–water partition coefficient (Wildman–Crippen LogP) is 13.4. The molecule has 0 radical (unpaired) electrons. The number of hydrogen-bond acceptors (Lipinski definition) is 18. The van der Waals surface area contributed by atoms with Crippen molar-refractivity contribution >= 4 is 137 Å². The number of nitrogens with one attached hydrogen (secondary N) is 4.